The molecule has 0 fully saturated rings. The van der Waals surface area contributed by atoms with Gasteiger partial charge in [-0.1, -0.05) is 48.5 Å². The van der Waals surface area contributed by atoms with Crippen LogP contribution in [-0.4, -0.2) is 42.7 Å². The molecule has 4 rings (SSSR count). The normalized spacial score (nSPS) is 13.9. The Bertz CT molecular complexity index is 1160. The lowest BCUT2D eigenvalue weighted by Crippen LogP contribution is -2.36. The number of ether oxygens (including phenoxy) is 2. The predicted molar refractivity (Wildman–Crippen MR) is 122 cm³/mol. The van der Waals surface area contributed by atoms with Gasteiger partial charge in [-0.05, 0) is 40.5 Å². The highest BCUT2D eigenvalue weighted by atomic mass is 16.5. The van der Waals surface area contributed by atoms with Crippen molar-refractivity contribution in [2.75, 3.05) is 20.3 Å². The Hall–Kier alpha value is -3.86. The van der Waals surface area contributed by atoms with E-state index in [1.807, 2.05) is 42.5 Å². The van der Waals surface area contributed by atoms with Gasteiger partial charge < -0.3 is 25.0 Å². The van der Waals surface area contributed by atoms with Gasteiger partial charge in [-0.2, -0.15) is 5.26 Å². The molecule has 0 heterocycles. The van der Waals surface area contributed by atoms with E-state index in [1.54, 1.807) is 12.1 Å². The van der Waals surface area contributed by atoms with Crippen LogP contribution in [0.2, 0.25) is 0 Å². The molecule has 0 spiro atoms. The number of nitrogens with one attached hydrogen (secondary N) is 1. The van der Waals surface area contributed by atoms with Crippen molar-refractivity contribution in [3.8, 4) is 22.9 Å². The minimum Gasteiger partial charge on any atom is -0.496 e. The molecule has 0 bridgehead atoms. The topological polar surface area (TPSA) is 112 Å². The first-order valence-corrected chi connectivity index (χ1v) is 10.6. The molecule has 3 aromatic carbocycles. The molecule has 1 aliphatic carbocycles. The largest absolute Gasteiger partial charge is 0.496 e. The van der Waals surface area contributed by atoms with Crippen molar-refractivity contribution in [1.82, 2.24) is 5.32 Å². The monoisotopic (exact) mass is 444 g/mol. The first kappa shape index (κ1) is 22.3. The lowest BCUT2D eigenvalue weighted by molar-refractivity contribution is 0.0172. The van der Waals surface area contributed by atoms with Crippen molar-refractivity contribution in [3.63, 3.8) is 0 Å². The van der Waals surface area contributed by atoms with Gasteiger partial charge in [0.25, 0.3) is 0 Å². The summed E-state index contributed by atoms with van der Waals surface area (Å²) in [6.45, 7) is -0.0890. The number of carbonyl (C=O) groups excluding carboxylic acids is 1. The summed E-state index contributed by atoms with van der Waals surface area (Å²) in [6.07, 6.45) is -3.38. The molecule has 2 atom stereocenters. The molecule has 0 radical (unpaired) electrons. The van der Waals surface area contributed by atoms with Crippen LogP contribution in [0.4, 0.5) is 4.79 Å². The molecule has 168 valence electrons. The molecule has 3 aromatic rings. The highest BCUT2D eigenvalue weighted by Gasteiger charge is 2.29. The molecule has 2 unspecified atom stereocenters. The SMILES string of the molecule is COc1ccc(C#N)cc1C(O)C(O)CNC(=O)OCC1c2ccccc2-c2ccccc21. The fraction of sp³-hybridized carbons (Fsp3) is 0.231. The Labute approximate surface area is 191 Å². The number of methoxy groups -OCH3 is 1. The van der Waals surface area contributed by atoms with E-state index in [0.29, 0.717) is 11.3 Å². The molecule has 1 amide bonds. The van der Waals surface area contributed by atoms with Gasteiger partial charge in [-0.15, -0.1) is 0 Å². The Morgan fingerprint density at radius 1 is 1.06 bits per heavy atom. The summed E-state index contributed by atoms with van der Waals surface area (Å²) in [5.41, 5.74) is 5.06. The molecule has 7 nitrogen and oxygen atoms in total. The first-order chi connectivity index (χ1) is 16.0. The smallest absolute Gasteiger partial charge is 0.407 e. The standard InChI is InChI=1S/C26H24N2O5/c1-32-24-11-10-16(13-27)12-21(24)25(30)23(29)14-28-26(31)33-15-22-19-8-4-2-6-17(19)18-7-3-5-9-20(18)22/h2-12,22-23,25,29-30H,14-15H2,1H3,(H,28,31). The van der Waals surface area contributed by atoms with E-state index in [2.05, 4.69) is 17.4 Å². The third-order valence-electron chi connectivity index (χ3n) is 5.84. The molecule has 0 aliphatic heterocycles. The average molecular weight is 444 g/mol. The van der Waals surface area contributed by atoms with Crippen molar-refractivity contribution in [1.29, 1.82) is 5.26 Å². The summed E-state index contributed by atoms with van der Waals surface area (Å²) in [6, 6.07) is 22.6. The molecule has 0 saturated heterocycles. The van der Waals surface area contributed by atoms with Crippen molar-refractivity contribution in [3.05, 3.63) is 89.0 Å². The second-order valence-corrected chi connectivity index (χ2v) is 7.79. The highest BCUT2D eigenvalue weighted by Crippen LogP contribution is 2.44. The molecule has 0 saturated carbocycles. The van der Waals surface area contributed by atoms with Crippen LogP contribution >= 0.6 is 0 Å². The zero-order valence-electron chi connectivity index (χ0n) is 18.1. The Kier molecular flexibility index (Phi) is 6.59. The molecular weight excluding hydrogens is 420 g/mol. The van der Waals surface area contributed by atoms with Gasteiger partial charge in [0.05, 0.1) is 18.7 Å². The molecule has 7 heteroatoms. The maximum absolute atomic E-state index is 12.3. The number of nitrogens with zero attached hydrogens (tertiary/aromatic N) is 1. The van der Waals surface area contributed by atoms with Crippen LogP contribution in [0.5, 0.6) is 5.75 Å². The highest BCUT2D eigenvalue weighted by molar-refractivity contribution is 5.79. The van der Waals surface area contributed by atoms with Crippen molar-refractivity contribution < 1.29 is 24.5 Å². The molecular formula is C26H24N2O5. The van der Waals surface area contributed by atoms with E-state index in [-0.39, 0.29) is 24.6 Å². The third-order valence-corrected chi connectivity index (χ3v) is 5.84. The van der Waals surface area contributed by atoms with Crippen LogP contribution < -0.4 is 10.1 Å². The zero-order chi connectivity index (χ0) is 23.4. The summed E-state index contributed by atoms with van der Waals surface area (Å²) in [7, 11) is 1.43. The molecule has 0 aromatic heterocycles. The first-order valence-electron chi connectivity index (χ1n) is 10.6. The summed E-state index contributed by atoms with van der Waals surface area (Å²) < 4.78 is 10.6. The van der Waals surface area contributed by atoms with E-state index < -0.39 is 18.3 Å². The number of aliphatic hydroxyl groups excluding tert-OH is 2. The number of fused-ring (bicyclic) bond motifs is 3. The Morgan fingerprint density at radius 3 is 2.30 bits per heavy atom. The third kappa shape index (κ3) is 4.53. The van der Waals surface area contributed by atoms with Gasteiger partial charge in [-0.25, -0.2) is 4.79 Å². The van der Waals surface area contributed by atoms with E-state index in [9.17, 15) is 15.0 Å². The zero-order valence-corrected chi connectivity index (χ0v) is 18.1. The maximum Gasteiger partial charge on any atom is 0.407 e. The number of hydrogen-bond donors (Lipinski definition) is 3. The van der Waals surface area contributed by atoms with Crippen molar-refractivity contribution in [2.45, 2.75) is 18.1 Å². The second-order valence-electron chi connectivity index (χ2n) is 7.79. The predicted octanol–water partition coefficient (Wildman–Crippen LogP) is 3.50. The number of alkyl carbamates (subject to hydrolysis) is 1. The number of nitriles is 1. The van der Waals surface area contributed by atoms with Crippen LogP contribution in [0.25, 0.3) is 11.1 Å². The van der Waals surface area contributed by atoms with E-state index in [0.717, 1.165) is 22.3 Å². The van der Waals surface area contributed by atoms with Gasteiger partial charge in [0, 0.05) is 18.0 Å². The summed E-state index contributed by atoms with van der Waals surface area (Å²) in [4.78, 5) is 12.3. The lowest BCUT2D eigenvalue weighted by atomic mass is 9.98. The maximum atomic E-state index is 12.3. The van der Waals surface area contributed by atoms with E-state index in [1.165, 1.54) is 13.2 Å². The van der Waals surface area contributed by atoms with Crippen LogP contribution in [0, 0.1) is 11.3 Å². The van der Waals surface area contributed by atoms with Crippen LogP contribution in [0.3, 0.4) is 0 Å². The molecule has 1 aliphatic rings. The van der Waals surface area contributed by atoms with E-state index >= 15 is 0 Å². The lowest BCUT2D eigenvalue weighted by Gasteiger charge is -2.21. The van der Waals surface area contributed by atoms with Crippen LogP contribution in [0.1, 0.15) is 34.3 Å². The summed E-state index contributed by atoms with van der Waals surface area (Å²) in [5, 5.41) is 32.5. The van der Waals surface area contributed by atoms with Crippen molar-refractivity contribution >= 4 is 6.09 Å². The fourth-order valence-corrected chi connectivity index (χ4v) is 4.19. The van der Waals surface area contributed by atoms with Crippen LogP contribution in [0.15, 0.2) is 66.7 Å². The fourth-order valence-electron chi connectivity index (χ4n) is 4.19. The average Bonchev–Trinajstić information content (AvgIpc) is 3.18. The Balaban J connectivity index is 1.36. The number of hydrogen-bond acceptors (Lipinski definition) is 6. The molecule has 33 heavy (non-hydrogen) atoms. The van der Waals surface area contributed by atoms with Gasteiger partial charge >= 0.3 is 6.09 Å². The van der Waals surface area contributed by atoms with Crippen LogP contribution in [-0.2, 0) is 4.74 Å². The Morgan fingerprint density at radius 2 is 1.70 bits per heavy atom. The number of benzene rings is 3. The minimum absolute atomic E-state index is 0.0725. The number of carbonyl (C=O) groups is 1. The molecule has 3 N–H and O–H groups in total. The van der Waals surface area contributed by atoms with Gasteiger partial charge in [-0.3, -0.25) is 0 Å². The number of rotatable bonds is 7. The number of amides is 1. The van der Waals surface area contributed by atoms with Gasteiger partial charge in [0.2, 0.25) is 0 Å². The van der Waals surface area contributed by atoms with Gasteiger partial charge in [0.15, 0.2) is 0 Å². The minimum atomic E-state index is -1.36. The number of aliphatic hydroxyl groups is 2. The summed E-state index contributed by atoms with van der Waals surface area (Å²) >= 11 is 0. The van der Waals surface area contributed by atoms with Crippen molar-refractivity contribution in [2.24, 2.45) is 0 Å². The second kappa shape index (κ2) is 9.74. The quantitative estimate of drug-likeness (QED) is 0.514. The van der Waals surface area contributed by atoms with E-state index in [4.69, 9.17) is 14.7 Å². The summed E-state index contributed by atoms with van der Waals surface area (Å²) in [5.74, 6) is 0.262. The van der Waals surface area contributed by atoms with Gasteiger partial charge in [0.1, 0.15) is 24.6 Å².